The van der Waals surface area contributed by atoms with Gasteiger partial charge in [-0.1, -0.05) is 59.3 Å². The van der Waals surface area contributed by atoms with E-state index in [1.807, 2.05) is 30.7 Å². The quantitative estimate of drug-likeness (QED) is 0.322. The Morgan fingerprint density at radius 2 is 1.77 bits per heavy atom. The summed E-state index contributed by atoms with van der Waals surface area (Å²) in [7, 11) is 1.87. The molecule has 2 aliphatic carbocycles. The predicted octanol–water partition coefficient (Wildman–Crippen LogP) is 6.83. The average molecular weight is 537 g/mol. The molecule has 9 heteroatoms. The van der Waals surface area contributed by atoms with Crippen molar-refractivity contribution in [1.29, 1.82) is 0 Å². The number of aromatic nitrogens is 5. The van der Waals surface area contributed by atoms with Gasteiger partial charge in [-0.3, -0.25) is 0 Å². The second kappa shape index (κ2) is 12.7. The summed E-state index contributed by atoms with van der Waals surface area (Å²) in [5.41, 5.74) is 2.72. The number of aryl methyl sites for hydroxylation is 1. The van der Waals surface area contributed by atoms with Gasteiger partial charge in [0.1, 0.15) is 11.2 Å². The minimum atomic E-state index is -1.18. The van der Waals surface area contributed by atoms with Gasteiger partial charge in [0.05, 0.1) is 6.61 Å². The molecular formula is C30H44N6O3. The number of carboxylic acid groups (broad SMARTS) is 1. The molecule has 0 saturated heterocycles. The van der Waals surface area contributed by atoms with Crippen LogP contribution >= 0.6 is 0 Å². The minimum Gasteiger partial charge on any atom is -0.478 e. The number of nitrogens with one attached hydrogen (secondary N) is 1. The zero-order valence-electron chi connectivity index (χ0n) is 24.3. The highest BCUT2D eigenvalue weighted by atomic mass is 16.5. The molecule has 212 valence electrons. The molecule has 0 radical (unpaired) electrons. The lowest BCUT2D eigenvalue weighted by molar-refractivity contribution is 0.0684. The van der Waals surface area contributed by atoms with Gasteiger partial charge in [-0.2, -0.15) is 0 Å². The Hall–Kier alpha value is -3.23. The summed E-state index contributed by atoms with van der Waals surface area (Å²) in [6, 6.07) is 4.11. The van der Waals surface area contributed by atoms with E-state index in [0.29, 0.717) is 46.9 Å². The molecule has 3 aromatic heterocycles. The molecule has 0 aliphatic heterocycles. The van der Waals surface area contributed by atoms with Crippen LogP contribution < -0.4 is 10.1 Å². The smallest absolute Gasteiger partial charge is 0.374 e. The first-order valence-corrected chi connectivity index (χ1v) is 14.6. The van der Waals surface area contributed by atoms with Crippen LogP contribution in [0.3, 0.4) is 0 Å². The number of aromatic carboxylic acids is 1. The summed E-state index contributed by atoms with van der Waals surface area (Å²) >= 11 is 0. The van der Waals surface area contributed by atoms with Gasteiger partial charge in [0.25, 0.3) is 0 Å². The summed E-state index contributed by atoms with van der Waals surface area (Å²) in [4.78, 5) is 29.5. The summed E-state index contributed by atoms with van der Waals surface area (Å²) in [5.74, 6) is 2.02. The molecule has 5 rings (SSSR count). The van der Waals surface area contributed by atoms with Gasteiger partial charge in [0, 0.05) is 19.2 Å². The number of hydrogen-bond acceptors (Lipinski definition) is 7. The zero-order chi connectivity index (χ0) is 28.1. The Morgan fingerprint density at radius 3 is 2.31 bits per heavy atom. The third-order valence-electron chi connectivity index (χ3n) is 8.05. The molecule has 2 fully saturated rings. The van der Waals surface area contributed by atoms with Crippen molar-refractivity contribution in [3.8, 4) is 17.4 Å². The molecule has 9 nitrogen and oxygen atoms in total. The molecule has 2 saturated carbocycles. The Kier molecular flexibility index (Phi) is 9.40. The highest BCUT2D eigenvalue weighted by molar-refractivity contribution is 5.92. The largest absolute Gasteiger partial charge is 0.478 e. The van der Waals surface area contributed by atoms with Crippen molar-refractivity contribution in [2.24, 2.45) is 18.9 Å². The van der Waals surface area contributed by atoms with Crippen molar-refractivity contribution in [1.82, 2.24) is 24.5 Å². The van der Waals surface area contributed by atoms with Gasteiger partial charge in [-0.05, 0) is 56.1 Å². The van der Waals surface area contributed by atoms with Crippen LogP contribution in [0, 0.1) is 11.8 Å². The summed E-state index contributed by atoms with van der Waals surface area (Å²) in [6.45, 7) is 11.1. The maximum Gasteiger partial charge on any atom is 0.374 e. The number of imidazole rings is 1. The van der Waals surface area contributed by atoms with E-state index >= 15 is 0 Å². The Balaban J connectivity index is 0.000000438. The van der Waals surface area contributed by atoms with E-state index in [2.05, 4.69) is 52.9 Å². The maximum atomic E-state index is 11.7. The molecule has 0 aromatic carbocycles. The number of hydrogen-bond donors (Lipinski definition) is 2. The van der Waals surface area contributed by atoms with Crippen molar-refractivity contribution in [3.63, 3.8) is 0 Å². The van der Waals surface area contributed by atoms with Crippen LogP contribution in [-0.4, -0.2) is 48.2 Å². The van der Waals surface area contributed by atoms with Crippen LogP contribution in [0.1, 0.15) is 108 Å². The van der Waals surface area contributed by atoms with E-state index in [1.165, 1.54) is 38.5 Å². The van der Waals surface area contributed by atoms with E-state index in [4.69, 9.17) is 4.74 Å². The highest BCUT2D eigenvalue weighted by Crippen LogP contribution is 2.33. The number of carboxylic acids is 1. The van der Waals surface area contributed by atoms with Gasteiger partial charge < -0.3 is 19.7 Å². The van der Waals surface area contributed by atoms with E-state index in [9.17, 15) is 9.90 Å². The third kappa shape index (κ3) is 6.86. The molecule has 0 unspecified atom stereocenters. The Bertz CT molecular complexity index is 1280. The molecule has 39 heavy (non-hydrogen) atoms. The predicted molar refractivity (Wildman–Crippen MR) is 154 cm³/mol. The molecule has 0 bridgehead atoms. The van der Waals surface area contributed by atoms with Crippen LogP contribution in [0.4, 0.5) is 5.82 Å². The first kappa shape index (κ1) is 28.8. The van der Waals surface area contributed by atoms with E-state index < -0.39 is 5.97 Å². The number of ether oxygens (including phenoxy) is 1. The summed E-state index contributed by atoms with van der Waals surface area (Å²) < 4.78 is 7.55. The van der Waals surface area contributed by atoms with Crippen molar-refractivity contribution in [2.75, 3.05) is 11.9 Å². The van der Waals surface area contributed by atoms with Crippen LogP contribution in [0.2, 0.25) is 0 Å². The molecular weight excluding hydrogens is 492 g/mol. The van der Waals surface area contributed by atoms with Gasteiger partial charge in [0.2, 0.25) is 11.7 Å². The number of nitrogens with zero attached hydrogens (tertiary/aromatic N) is 5. The van der Waals surface area contributed by atoms with E-state index in [0.717, 1.165) is 24.3 Å². The zero-order valence-corrected chi connectivity index (χ0v) is 24.3. The van der Waals surface area contributed by atoms with Crippen LogP contribution in [0.15, 0.2) is 12.1 Å². The second-order valence-corrected chi connectivity index (χ2v) is 11.4. The number of pyridine rings is 1. The lowest BCUT2D eigenvalue weighted by Crippen LogP contribution is -2.31. The SMILES string of the molecule is CC1CCCCC1.CCOc1cc(C(C)C)cc(-c2nc3nc(C(=O)O)nc(N[C@H](C)C4CCC4)c3n2C)n1. The Morgan fingerprint density at radius 1 is 1.05 bits per heavy atom. The standard InChI is InChI=1S/C23H30N6O3.C7H14/c1-6-32-17-11-15(12(2)3)10-16(25-17)22-28-20-18(29(22)5)19(26-21(27-20)23(30)31)24-13(4)14-8-7-9-14;1-7-5-3-2-4-6-7/h10-14H,6-9H2,1-5H3,(H,30,31)(H,24,26,27);7H,2-6H2,1H3/t13-;/m1./s1. The molecule has 2 N–H and O–H groups in total. The fourth-order valence-corrected chi connectivity index (χ4v) is 5.31. The lowest BCUT2D eigenvalue weighted by atomic mass is 9.80. The van der Waals surface area contributed by atoms with Crippen molar-refractivity contribution >= 4 is 23.0 Å². The van der Waals surface area contributed by atoms with Crippen molar-refractivity contribution < 1.29 is 14.6 Å². The van der Waals surface area contributed by atoms with Crippen LogP contribution in [0.5, 0.6) is 5.88 Å². The van der Waals surface area contributed by atoms with Crippen molar-refractivity contribution in [2.45, 2.75) is 97.9 Å². The van der Waals surface area contributed by atoms with Gasteiger partial charge in [0.15, 0.2) is 17.3 Å². The number of rotatable bonds is 8. The molecule has 0 amide bonds. The van der Waals surface area contributed by atoms with E-state index in [-0.39, 0.29) is 17.8 Å². The monoisotopic (exact) mass is 536 g/mol. The van der Waals surface area contributed by atoms with E-state index in [1.54, 1.807) is 0 Å². The van der Waals surface area contributed by atoms with Crippen molar-refractivity contribution in [3.05, 3.63) is 23.5 Å². The normalized spacial score (nSPS) is 16.9. The summed E-state index contributed by atoms with van der Waals surface area (Å²) in [5, 5.41) is 13.0. The molecule has 2 aliphatic rings. The van der Waals surface area contributed by atoms with Gasteiger partial charge >= 0.3 is 5.97 Å². The Labute approximate surface area is 231 Å². The number of carbonyl (C=O) groups is 1. The molecule has 0 spiro atoms. The molecule has 1 atom stereocenters. The number of fused-ring (bicyclic) bond motifs is 1. The fourth-order valence-electron chi connectivity index (χ4n) is 5.31. The molecule has 3 heterocycles. The first-order valence-electron chi connectivity index (χ1n) is 14.6. The summed E-state index contributed by atoms with van der Waals surface area (Å²) in [6.07, 6.45) is 11.0. The van der Waals surface area contributed by atoms with Gasteiger partial charge in [-0.15, -0.1) is 0 Å². The lowest BCUT2D eigenvalue weighted by Gasteiger charge is -2.32. The average Bonchev–Trinajstić information content (AvgIpc) is 3.20. The van der Waals surface area contributed by atoms with Crippen LogP contribution in [-0.2, 0) is 7.05 Å². The highest BCUT2D eigenvalue weighted by Gasteiger charge is 2.27. The van der Waals surface area contributed by atoms with Gasteiger partial charge in [-0.25, -0.2) is 24.7 Å². The number of anilines is 1. The fraction of sp³-hybridized carbons (Fsp3) is 0.633. The third-order valence-corrected chi connectivity index (χ3v) is 8.05. The second-order valence-electron chi connectivity index (χ2n) is 11.4. The molecule has 3 aromatic rings. The van der Waals surface area contributed by atoms with Crippen LogP contribution in [0.25, 0.3) is 22.7 Å². The maximum absolute atomic E-state index is 11.7. The first-order chi connectivity index (χ1) is 18.7. The minimum absolute atomic E-state index is 0.175. The topological polar surface area (TPSA) is 115 Å².